The fraction of sp³-hybridized carbons (Fsp3) is 0.387. The van der Waals surface area contributed by atoms with E-state index < -0.39 is 24.0 Å². The number of amides is 2. The van der Waals surface area contributed by atoms with Crippen molar-refractivity contribution in [3.8, 4) is 0 Å². The molecule has 0 aliphatic rings. The van der Waals surface area contributed by atoms with Crippen LogP contribution in [-0.4, -0.2) is 29.9 Å². The van der Waals surface area contributed by atoms with Crippen LogP contribution in [0.25, 0.3) is 10.8 Å². The van der Waals surface area contributed by atoms with Gasteiger partial charge in [0.25, 0.3) is 0 Å². The van der Waals surface area contributed by atoms with Gasteiger partial charge < -0.3 is 15.4 Å². The Hall–Kier alpha value is -3.67. The normalized spacial score (nSPS) is 13.7. The molecule has 0 heterocycles. The standard InChI is InChI=1S/C31H38N2O4/c1-6-26(34)32-29(27(20(2)3)25-18-12-16-23-15-10-11-17-24(23)25)30(35)33-28(21(4)5)31(36)37-19-22-13-8-7-9-14-22/h7-18,20-21,27-29H,6,19H2,1-5H3,(H,32,34)(H,33,35)/t27?,28-,29-/m0/s1. The summed E-state index contributed by atoms with van der Waals surface area (Å²) in [5, 5.41) is 7.96. The first-order valence-electron chi connectivity index (χ1n) is 13.0. The van der Waals surface area contributed by atoms with Gasteiger partial charge in [0.05, 0.1) is 0 Å². The number of esters is 1. The second-order valence-corrected chi connectivity index (χ2v) is 10.1. The van der Waals surface area contributed by atoms with Crippen molar-refractivity contribution >= 4 is 28.6 Å². The molecule has 6 nitrogen and oxygen atoms in total. The van der Waals surface area contributed by atoms with Gasteiger partial charge in [-0.25, -0.2) is 4.79 Å². The van der Waals surface area contributed by atoms with Gasteiger partial charge in [0, 0.05) is 12.3 Å². The van der Waals surface area contributed by atoms with Crippen LogP contribution in [0.1, 0.15) is 58.1 Å². The number of benzene rings is 3. The van der Waals surface area contributed by atoms with Crippen LogP contribution in [-0.2, 0) is 25.7 Å². The SMILES string of the molecule is CCC(=O)N[C@H](C(=O)N[C@H](C(=O)OCc1ccccc1)C(C)C)C(c1cccc2ccccc12)C(C)C. The van der Waals surface area contributed by atoms with Crippen LogP contribution in [0.4, 0.5) is 0 Å². The number of carbonyl (C=O) groups excluding carboxylic acids is 3. The van der Waals surface area contributed by atoms with Crippen molar-refractivity contribution < 1.29 is 19.1 Å². The molecule has 2 N–H and O–H groups in total. The lowest BCUT2D eigenvalue weighted by molar-refractivity contribution is -0.150. The molecule has 0 aromatic heterocycles. The Bertz CT molecular complexity index is 1200. The largest absolute Gasteiger partial charge is 0.459 e. The summed E-state index contributed by atoms with van der Waals surface area (Å²) in [6, 6.07) is 21.8. The van der Waals surface area contributed by atoms with E-state index in [1.54, 1.807) is 6.92 Å². The van der Waals surface area contributed by atoms with E-state index >= 15 is 0 Å². The van der Waals surface area contributed by atoms with E-state index in [1.165, 1.54) is 0 Å². The van der Waals surface area contributed by atoms with E-state index in [2.05, 4.69) is 10.6 Å². The lowest BCUT2D eigenvalue weighted by Gasteiger charge is -2.33. The zero-order valence-electron chi connectivity index (χ0n) is 22.4. The summed E-state index contributed by atoms with van der Waals surface area (Å²) in [6.45, 7) is 9.68. The first-order chi connectivity index (χ1) is 17.7. The number of hydrogen-bond donors (Lipinski definition) is 2. The molecule has 0 radical (unpaired) electrons. The highest BCUT2D eigenvalue weighted by Crippen LogP contribution is 2.34. The van der Waals surface area contributed by atoms with Gasteiger partial charge in [-0.2, -0.15) is 0 Å². The maximum absolute atomic E-state index is 13.8. The Morgan fingerprint density at radius 3 is 2.05 bits per heavy atom. The van der Waals surface area contributed by atoms with Gasteiger partial charge in [-0.1, -0.05) is 107 Å². The predicted octanol–water partition coefficient (Wildman–Crippen LogP) is 5.36. The Balaban J connectivity index is 1.91. The third-order valence-electron chi connectivity index (χ3n) is 6.62. The molecule has 1 unspecified atom stereocenters. The molecule has 0 spiro atoms. The van der Waals surface area contributed by atoms with Crippen LogP contribution < -0.4 is 10.6 Å². The highest BCUT2D eigenvalue weighted by molar-refractivity contribution is 5.93. The molecular weight excluding hydrogens is 464 g/mol. The molecule has 0 aliphatic carbocycles. The summed E-state index contributed by atoms with van der Waals surface area (Å²) < 4.78 is 5.54. The topological polar surface area (TPSA) is 84.5 Å². The van der Waals surface area contributed by atoms with Crippen molar-refractivity contribution in [1.29, 1.82) is 0 Å². The monoisotopic (exact) mass is 502 g/mol. The summed E-state index contributed by atoms with van der Waals surface area (Å²) >= 11 is 0. The minimum absolute atomic E-state index is 0.0289. The average Bonchev–Trinajstić information content (AvgIpc) is 2.90. The van der Waals surface area contributed by atoms with E-state index in [9.17, 15) is 14.4 Å². The summed E-state index contributed by atoms with van der Waals surface area (Å²) in [6.07, 6.45) is 0.247. The number of ether oxygens (including phenoxy) is 1. The van der Waals surface area contributed by atoms with Crippen molar-refractivity contribution in [1.82, 2.24) is 10.6 Å². The zero-order valence-corrected chi connectivity index (χ0v) is 22.4. The van der Waals surface area contributed by atoms with Gasteiger partial charge in [0.15, 0.2) is 0 Å². The van der Waals surface area contributed by atoms with Crippen LogP contribution in [0.5, 0.6) is 0 Å². The summed E-state index contributed by atoms with van der Waals surface area (Å²) in [4.78, 5) is 39.4. The van der Waals surface area contributed by atoms with E-state index in [0.717, 1.165) is 21.9 Å². The van der Waals surface area contributed by atoms with Crippen molar-refractivity contribution in [2.24, 2.45) is 11.8 Å². The summed E-state index contributed by atoms with van der Waals surface area (Å²) in [5.41, 5.74) is 1.85. The summed E-state index contributed by atoms with van der Waals surface area (Å²) in [5.74, 6) is -1.61. The third-order valence-corrected chi connectivity index (χ3v) is 6.62. The molecule has 3 atom stereocenters. The van der Waals surface area contributed by atoms with E-state index in [0.29, 0.717) is 0 Å². The van der Waals surface area contributed by atoms with Crippen molar-refractivity contribution in [2.75, 3.05) is 0 Å². The quantitative estimate of drug-likeness (QED) is 0.346. The van der Waals surface area contributed by atoms with Crippen LogP contribution in [0.3, 0.4) is 0 Å². The molecule has 0 fully saturated rings. The van der Waals surface area contributed by atoms with Gasteiger partial charge in [-0.05, 0) is 33.7 Å². The Morgan fingerprint density at radius 2 is 1.41 bits per heavy atom. The predicted molar refractivity (Wildman–Crippen MR) is 147 cm³/mol. The van der Waals surface area contributed by atoms with Crippen LogP contribution in [0.2, 0.25) is 0 Å². The first kappa shape index (κ1) is 27.9. The fourth-order valence-electron chi connectivity index (χ4n) is 4.62. The molecule has 37 heavy (non-hydrogen) atoms. The van der Waals surface area contributed by atoms with Gasteiger partial charge >= 0.3 is 5.97 Å². The van der Waals surface area contributed by atoms with Gasteiger partial charge in [-0.3, -0.25) is 9.59 Å². The number of carbonyl (C=O) groups is 3. The molecule has 3 aromatic rings. The van der Waals surface area contributed by atoms with Gasteiger partial charge in [-0.15, -0.1) is 0 Å². The van der Waals surface area contributed by atoms with Gasteiger partial charge in [0.1, 0.15) is 18.7 Å². The lowest BCUT2D eigenvalue weighted by Crippen LogP contribution is -2.56. The van der Waals surface area contributed by atoms with Crippen molar-refractivity contribution in [2.45, 2.75) is 65.6 Å². The Morgan fingerprint density at radius 1 is 0.757 bits per heavy atom. The van der Waals surface area contributed by atoms with Crippen LogP contribution in [0.15, 0.2) is 72.8 Å². The van der Waals surface area contributed by atoms with Crippen molar-refractivity contribution in [3.05, 3.63) is 83.9 Å². The van der Waals surface area contributed by atoms with E-state index in [1.807, 2.05) is 100 Å². The van der Waals surface area contributed by atoms with E-state index in [-0.39, 0.29) is 36.7 Å². The second kappa shape index (κ2) is 13.0. The molecule has 0 saturated heterocycles. The Labute approximate surface area is 219 Å². The van der Waals surface area contributed by atoms with Crippen LogP contribution in [0, 0.1) is 11.8 Å². The molecule has 2 amide bonds. The molecule has 3 rings (SSSR count). The van der Waals surface area contributed by atoms with Crippen molar-refractivity contribution in [3.63, 3.8) is 0 Å². The smallest absolute Gasteiger partial charge is 0.329 e. The first-order valence-corrected chi connectivity index (χ1v) is 13.0. The van der Waals surface area contributed by atoms with Gasteiger partial charge in [0.2, 0.25) is 11.8 Å². The maximum atomic E-state index is 13.8. The summed E-state index contributed by atoms with van der Waals surface area (Å²) in [7, 11) is 0. The third kappa shape index (κ3) is 7.19. The molecule has 0 saturated carbocycles. The second-order valence-electron chi connectivity index (χ2n) is 10.1. The average molecular weight is 503 g/mol. The zero-order chi connectivity index (χ0) is 26.9. The lowest BCUT2D eigenvalue weighted by atomic mass is 9.79. The number of nitrogens with one attached hydrogen (secondary N) is 2. The maximum Gasteiger partial charge on any atom is 0.329 e. The molecule has 0 aliphatic heterocycles. The number of rotatable bonds is 11. The number of fused-ring (bicyclic) bond motifs is 1. The van der Waals surface area contributed by atoms with Crippen LogP contribution >= 0.6 is 0 Å². The number of hydrogen-bond acceptors (Lipinski definition) is 4. The Kier molecular flexibility index (Phi) is 9.84. The highest BCUT2D eigenvalue weighted by Gasteiger charge is 2.36. The molecule has 6 heteroatoms. The van der Waals surface area contributed by atoms with E-state index in [4.69, 9.17) is 4.74 Å². The molecule has 0 bridgehead atoms. The highest BCUT2D eigenvalue weighted by atomic mass is 16.5. The fourth-order valence-corrected chi connectivity index (χ4v) is 4.62. The molecule has 196 valence electrons. The molecule has 3 aromatic carbocycles. The minimum Gasteiger partial charge on any atom is -0.459 e. The minimum atomic E-state index is -0.860. The molecular formula is C31H38N2O4.